The Morgan fingerprint density at radius 1 is 0.971 bits per heavy atom. The lowest BCUT2D eigenvalue weighted by molar-refractivity contribution is -0.143. The summed E-state index contributed by atoms with van der Waals surface area (Å²) in [6, 6.07) is 14.9. The van der Waals surface area contributed by atoms with Crippen molar-refractivity contribution in [1.82, 2.24) is 16.2 Å². The van der Waals surface area contributed by atoms with Crippen molar-refractivity contribution in [3.8, 4) is 5.75 Å². The third-order valence-electron chi connectivity index (χ3n) is 4.32. The van der Waals surface area contributed by atoms with Gasteiger partial charge in [-0.2, -0.15) is 0 Å². The second-order valence-corrected chi connectivity index (χ2v) is 8.81. The molecule has 3 N–H and O–H groups in total. The van der Waals surface area contributed by atoms with Crippen LogP contribution in [0.5, 0.6) is 5.75 Å². The standard InChI is InChI=1S/C23H25BrClN3O5S/c24-17-11-12-19(18(25)14-17)33-15-21(30)27-28-23(34)26-20(29)9-4-10-22(31)32-13-5-8-16-6-2-1-3-7-16/h1-3,6-7,11-12,14H,4-5,8-10,13,15H2,(H,27,30)(H2,26,28,29,34). The van der Waals surface area contributed by atoms with E-state index < -0.39 is 5.91 Å². The van der Waals surface area contributed by atoms with Crippen molar-refractivity contribution >= 4 is 62.6 Å². The highest BCUT2D eigenvalue weighted by Crippen LogP contribution is 2.27. The van der Waals surface area contributed by atoms with Gasteiger partial charge in [0.15, 0.2) is 11.7 Å². The van der Waals surface area contributed by atoms with Crippen molar-refractivity contribution in [2.75, 3.05) is 13.2 Å². The van der Waals surface area contributed by atoms with Crippen LogP contribution in [0.25, 0.3) is 0 Å². The van der Waals surface area contributed by atoms with Crippen LogP contribution in [0.3, 0.4) is 0 Å². The number of hydrogen-bond donors (Lipinski definition) is 3. The van der Waals surface area contributed by atoms with Crippen LogP contribution in [0.2, 0.25) is 5.02 Å². The van der Waals surface area contributed by atoms with Crippen LogP contribution in [0.15, 0.2) is 53.0 Å². The number of benzene rings is 2. The molecule has 0 saturated heterocycles. The van der Waals surface area contributed by atoms with E-state index in [2.05, 4.69) is 32.1 Å². The van der Waals surface area contributed by atoms with Crippen molar-refractivity contribution < 1.29 is 23.9 Å². The molecule has 2 rings (SSSR count). The molecule has 2 aromatic rings. The van der Waals surface area contributed by atoms with E-state index in [1.165, 1.54) is 5.56 Å². The third-order valence-corrected chi connectivity index (χ3v) is 5.31. The van der Waals surface area contributed by atoms with Gasteiger partial charge in [-0.15, -0.1) is 0 Å². The molecule has 182 valence electrons. The molecule has 2 amide bonds. The number of halogens is 2. The van der Waals surface area contributed by atoms with Crippen molar-refractivity contribution in [2.45, 2.75) is 32.1 Å². The first-order chi connectivity index (χ1) is 16.3. The Bertz CT molecular complexity index is 994. The molecule has 2 aromatic carbocycles. The van der Waals surface area contributed by atoms with Gasteiger partial charge in [0.1, 0.15) is 5.75 Å². The van der Waals surface area contributed by atoms with E-state index in [1.54, 1.807) is 18.2 Å². The minimum Gasteiger partial charge on any atom is -0.482 e. The molecule has 0 aliphatic heterocycles. The Balaban J connectivity index is 1.51. The van der Waals surface area contributed by atoms with Gasteiger partial charge in [0.25, 0.3) is 5.91 Å². The molecule has 0 aliphatic carbocycles. The van der Waals surface area contributed by atoms with Crippen molar-refractivity contribution in [2.24, 2.45) is 0 Å². The average molecular weight is 571 g/mol. The topological polar surface area (TPSA) is 106 Å². The summed E-state index contributed by atoms with van der Waals surface area (Å²) in [6.07, 6.45) is 2.11. The van der Waals surface area contributed by atoms with Crippen molar-refractivity contribution in [1.29, 1.82) is 0 Å². The summed E-state index contributed by atoms with van der Waals surface area (Å²) in [5.41, 5.74) is 5.91. The summed E-state index contributed by atoms with van der Waals surface area (Å²) in [7, 11) is 0. The number of ether oxygens (including phenoxy) is 2. The van der Waals surface area contributed by atoms with Gasteiger partial charge in [0, 0.05) is 17.3 Å². The highest BCUT2D eigenvalue weighted by Gasteiger charge is 2.10. The zero-order valence-corrected chi connectivity index (χ0v) is 21.4. The molecular formula is C23H25BrClN3O5S. The number of nitrogens with one attached hydrogen (secondary N) is 3. The Morgan fingerprint density at radius 2 is 1.74 bits per heavy atom. The van der Waals surface area contributed by atoms with E-state index in [9.17, 15) is 14.4 Å². The van der Waals surface area contributed by atoms with Crippen molar-refractivity contribution in [3.63, 3.8) is 0 Å². The number of rotatable bonds is 11. The molecule has 0 atom stereocenters. The molecular weight excluding hydrogens is 546 g/mol. The van der Waals surface area contributed by atoms with Crippen LogP contribution < -0.4 is 20.9 Å². The van der Waals surface area contributed by atoms with E-state index in [0.29, 0.717) is 23.8 Å². The lowest BCUT2D eigenvalue weighted by Gasteiger charge is -2.12. The van der Waals surface area contributed by atoms with Crippen molar-refractivity contribution in [3.05, 3.63) is 63.6 Å². The highest BCUT2D eigenvalue weighted by molar-refractivity contribution is 9.10. The number of aryl methyl sites for hydroxylation is 1. The molecule has 0 saturated carbocycles. The van der Waals surface area contributed by atoms with Gasteiger partial charge in [-0.05, 0) is 55.2 Å². The zero-order chi connectivity index (χ0) is 24.8. The SMILES string of the molecule is O=C(COc1ccc(Br)cc1Cl)NNC(=S)NC(=O)CCCC(=O)OCCCc1ccccc1. The molecule has 8 nitrogen and oxygen atoms in total. The third kappa shape index (κ3) is 11.4. The number of amides is 2. The van der Waals surface area contributed by atoms with Gasteiger partial charge < -0.3 is 14.8 Å². The van der Waals surface area contributed by atoms with E-state index in [1.807, 2.05) is 30.3 Å². The first-order valence-corrected chi connectivity index (χ1v) is 12.1. The number of hydrazine groups is 1. The van der Waals surface area contributed by atoms with Crippen LogP contribution in [0.4, 0.5) is 0 Å². The van der Waals surface area contributed by atoms with Gasteiger partial charge in [-0.25, -0.2) is 0 Å². The maximum atomic E-state index is 11.9. The lowest BCUT2D eigenvalue weighted by atomic mass is 10.1. The summed E-state index contributed by atoms with van der Waals surface area (Å²) in [4.78, 5) is 35.5. The monoisotopic (exact) mass is 569 g/mol. The lowest BCUT2D eigenvalue weighted by Crippen LogP contribution is -2.49. The maximum absolute atomic E-state index is 11.9. The van der Waals surface area contributed by atoms with E-state index in [0.717, 1.165) is 17.3 Å². The van der Waals surface area contributed by atoms with Gasteiger partial charge >= 0.3 is 5.97 Å². The second kappa shape index (κ2) is 15.3. The number of esters is 1. The minimum atomic E-state index is -0.523. The number of carbonyl (C=O) groups is 3. The minimum absolute atomic E-state index is 0.0801. The first-order valence-electron chi connectivity index (χ1n) is 10.5. The number of hydrogen-bond acceptors (Lipinski definition) is 6. The summed E-state index contributed by atoms with van der Waals surface area (Å²) in [6.45, 7) is 0.0315. The van der Waals surface area contributed by atoms with Gasteiger partial charge in [-0.3, -0.25) is 25.2 Å². The highest BCUT2D eigenvalue weighted by atomic mass is 79.9. The maximum Gasteiger partial charge on any atom is 0.305 e. The molecule has 0 aromatic heterocycles. The smallest absolute Gasteiger partial charge is 0.305 e. The summed E-state index contributed by atoms with van der Waals surface area (Å²) >= 11 is 14.3. The van der Waals surface area contributed by atoms with Crippen LogP contribution in [-0.2, 0) is 25.5 Å². The van der Waals surface area contributed by atoms with Gasteiger partial charge in [0.2, 0.25) is 5.91 Å². The molecule has 0 unspecified atom stereocenters. The first kappa shape index (κ1) is 27.6. The Hall–Kier alpha value is -2.69. The molecule has 0 radical (unpaired) electrons. The van der Waals surface area contributed by atoms with E-state index >= 15 is 0 Å². The molecule has 34 heavy (non-hydrogen) atoms. The van der Waals surface area contributed by atoms with E-state index in [-0.39, 0.29) is 36.4 Å². The van der Waals surface area contributed by atoms with E-state index in [4.69, 9.17) is 33.3 Å². The number of carbonyl (C=O) groups excluding carboxylic acids is 3. The van der Waals surface area contributed by atoms with Gasteiger partial charge in [-0.1, -0.05) is 57.9 Å². The van der Waals surface area contributed by atoms with Crippen LogP contribution in [0, 0.1) is 0 Å². The summed E-state index contributed by atoms with van der Waals surface area (Å²) < 4.78 is 11.3. The van der Waals surface area contributed by atoms with Gasteiger partial charge in [0.05, 0.1) is 11.6 Å². The predicted octanol–water partition coefficient (Wildman–Crippen LogP) is 3.85. The zero-order valence-electron chi connectivity index (χ0n) is 18.3. The summed E-state index contributed by atoms with van der Waals surface area (Å²) in [5, 5.41) is 2.69. The molecule has 0 spiro atoms. The molecule has 11 heteroatoms. The fourth-order valence-electron chi connectivity index (χ4n) is 2.69. The largest absolute Gasteiger partial charge is 0.482 e. The second-order valence-electron chi connectivity index (χ2n) is 7.08. The Labute approximate surface area is 216 Å². The normalized spacial score (nSPS) is 10.2. The predicted molar refractivity (Wildman–Crippen MR) is 136 cm³/mol. The quantitative estimate of drug-likeness (QED) is 0.163. The van der Waals surface area contributed by atoms with Crippen LogP contribution in [-0.4, -0.2) is 36.1 Å². The number of thiocarbonyl (C=S) groups is 1. The molecule has 0 aliphatic rings. The molecule has 0 bridgehead atoms. The molecule has 0 fully saturated rings. The fraction of sp³-hybridized carbons (Fsp3) is 0.304. The summed E-state index contributed by atoms with van der Waals surface area (Å²) in [5.74, 6) is -0.905. The molecule has 0 heterocycles. The fourth-order valence-corrected chi connectivity index (χ4v) is 3.58. The van der Waals surface area contributed by atoms with Crippen LogP contribution in [0.1, 0.15) is 31.2 Å². The average Bonchev–Trinajstić information content (AvgIpc) is 2.80. The Kier molecular flexibility index (Phi) is 12.4. The van der Waals surface area contributed by atoms with Crippen LogP contribution >= 0.6 is 39.7 Å². The Morgan fingerprint density at radius 3 is 2.47 bits per heavy atom.